The van der Waals surface area contributed by atoms with Gasteiger partial charge in [0.2, 0.25) is 5.78 Å². The Bertz CT molecular complexity index is 223. The van der Waals surface area contributed by atoms with Gasteiger partial charge < -0.3 is 5.73 Å². The van der Waals surface area contributed by atoms with E-state index in [2.05, 4.69) is 0 Å². The summed E-state index contributed by atoms with van der Waals surface area (Å²) in [7, 11) is 0. The summed E-state index contributed by atoms with van der Waals surface area (Å²) in [6.45, 7) is 2.57. The maximum atomic E-state index is 12.4. The molecule has 0 amide bonds. The zero-order valence-corrected chi connectivity index (χ0v) is 7.53. The van der Waals surface area contributed by atoms with Crippen LogP contribution in [0.25, 0.3) is 0 Å². The van der Waals surface area contributed by atoms with E-state index in [1.165, 1.54) is 13.8 Å². The molecule has 0 aromatic carbocycles. The predicted octanol–water partition coefficient (Wildman–Crippen LogP) is 1.74. The van der Waals surface area contributed by atoms with E-state index in [4.69, 9.17) is 5.73 Å². The molecule has 0 unspecified atom stereocenters. The van der Waals surface area contributed by atoms with Crippen LogP contribution in [0.3, 0.4) is 0 Å². The number of halogens is 5. The normalized spacial score (nSPS) is 15.8. The zero-order chi connectivity index (χ0) is 11.7. The number of hydrogen-bond acceptors (Lipinski definition) is 2. The number of hydrogen-bond donors (Lipinski definition) is 1. The van der Waals surface area contributed by atoms with Gasteiger partial charge in [0.05, 0.1) is 6.04 Å². The van der Waals surface area contributed by atoms with Gasteiger partial charge in [-0.3, -0.25) is 4.79 Å². The van der Waals surface area contributed by atoms with Gasteiger partial charge in [0.25, 0.3) is 0 Å². The summed E-state index contributed by atoms with van der Waals surface area (Å²) in [5.41, 5.74) is 4.91. The van der Waals surface area contributed by atoms with Crippen molar-refractivity contribution >= 4 is 5.78 Å². The molecule has 7 heteroatoms. The van der Waals surface area contributed by atoms with Crippen LogP contribution in [0.2, 0.25) is 0 Å². The van der Waals surface area contributed by atoms with Gasteiger partial charge in [-0.15, -0.1) is 0 Å². The quantitative estimate of drug-likeness (QED) is 0.734. The van der Waals surface area contributed by atoms with E-state index in [9.17, 15) is 26.7 Å². The van der Waals surface area contributed by atoms with Crippen LogP contribution in [0, 0.1) is 5.92 Å². The summed E-state index contributed by atoms with van der Waals surface area (Å²) in [4.78, 5) is 10.7. The molecule has 0 fully saturated rings. The molecule has 0 spiro atoms. The highest BCUT2D eigenvalue weighted by Crippen LogP contribution is 2.37. The fourth-order valence-corrected chi connectivity index (χ4v) is 0.652. The Morgan fingerprint density at radius 1 is 1.14 bits per heavy atom. The number of ketones is 1. The van der Waals surface area contributed by atoms with Crippen LogP contribution >= 0.6 is 0 Å². The van der Waals surface area contributed by atoms with Crippen molar-refractivity contribution < 1.29 is 26.7 Å². The van der Waals surface area contributed by atoms with Gasteiger partial charge in [0, 0.05) is 0 Å². The van der Waals surface area contributed by atoms with Crippen LogP contribution in [0.5, 0.6) is 0 Å². The van der Waals surface area contributed by atoms with Crippen LogP contribution in [0.4, 0.5) is 22.0 Å². The highest BCUT2D eigenvalue weighted by atomic mass is 19.4. The lowest BCUT2D eigenvalue weighted by molar-refractivity contribution is -0.269. The maximum Gasteiger partial charge on any atom is 0.461 e. The Kier molecular flexibility index (Phi) is 3.60. The molecule has 0 aliphatic rings. The second kappa shape index (κ2) is 3.80. The molecule has 0 bridgehead atoms. The number of rotatable bonds is 3. The first kappa shape index (κ1) is 13.3. The molecule has 2 N–H and O–H groups in total. The smallest absolute Gasteiger partial charge is 0.321 e. The van der Waals surface area contributed by atoms with Gasteiger partial charge in [-0.1, -0.05) is 13.8 Å². The molecule has 0 aliphatic heterocycles. The van der Waals surface area contributed by atoms with Gasteiger partial charge in [-0.25, -0.2) is 0 Å². The summed E-state index contributed by atoms with van der Waals surface area (Å²) in [6, 6.07) is -1.81. The van der Waals surface area contributed by atoms with Crippen molar-refractivity contribution in [1.29, 1.82) is 0 Å². The van der Waals surface area contributed by atoms with Crippen molar-refractivity contribution in [3.63, 3.8) is 0 Å². The molecular formula is C7H10F5NO. The number of alkyl halides is 5. The number of carbonyl (C=O) groups is 1. The van der Waals surface area contributed by atoms with E-state index in [1.807, 2.05) is 0 Å². The van der Waals surface area contributed by atoms with E-state index in [0.29, 0.717) is 0 Å². The first-order valence-corrected chi connectivity index (χ1v) is 3.76. The molecule has 1 atom stereocenters. The van der Waals surface area contributed by atoms with Gasteiger partial charge in [0.15, 0.2) is 0 Å². The van der Waals surface area contributed by atoms with Crippen molar-refractivity contribution in [1.82, 2.24) is 0 Å². The lowest BCUT2D eigenvalue weighted by Crippen LogP contribution is -2.53. The second-order valence-corrected chi connectivity index (χ2v) is 3.21. The highest BCUT2D eigenvalue weighted by molar-refractivity contribution is 5.91. The fraction of sp³-hybridized carbons (Fsp3) is 0.857. The Labute approximate surface area is 77.3 Å². The molecule has 0 aromatic rings. The molecule has 14 heavy (non-hydrogen) atoms. The number of carbonyl (C=O) groups excluding carboxylic acids is 1. The SMILES string of the molecule is CC(C)[C@H](N)C(=O)C(F)(F)C(F)(F)F. The Morgan fingerprint density at radius 3 is 1.71 bits per heavy atom. The van der Waals surface area contributed by atoms with Gasteiger partial charge in [0.1, 0.15) is 0 Å². The molecule has 0 aliphatic carbocycles. The summed E-state index contributed by atoms with van der Waals surface area (Å²) in [5, 5.41) is 0. The topological polar surface area (TPSA) is 43.1 Å². The molecule has 0 radical (unpaired) electrons. The van der Waals surface area contributed by atoms with Crippen molar-refractivity contribution in [2.45, 2.75) is 32.0 Å². The van der Waals surface area contributed by atoms with E-state index in [-0.39, 0.29) is 0 Å². The minimum Gasteiger partial charge on any atom is -0.321 e. The molecule has 0 heterocycles. The standard InChI is InChI=1S/C7H10F5NO/c1-3(2)4(13)5(14)6(8,9)7(10,11)12/h3-4H,13H2,1-2H3/t4-/m0/s1. The third-order valence-corrected chi connectivity index (χ3v) is 1.69. The summed E-state index contributed by atoms with van der Waals surface area (Å²) >= 11 is 0. The Hall–Kier alpha value is -0.720. The second-order valence-electron chi connectivity index (χ2n) is 3.21. The fourth-order valence-electron chi connectivity index (χ4n) is 0.652. The van der Waals surface area contributed by atoms with Crippen LogP contribution in [0.15, 0.2) is 0 Å². The summed E-state index contributed by atoms with van der Waals surface area (Å²) in [6.07, 6.45) is -5.88. The first-order valence-electron chi connectivity index (χ1n) is 3.76. The minimum atomic E-state index is -5.88. The van der Waals surface area contributed by atoms with Gasteiger partial charge in [-0.05, 0) is 5.92 Å². The average molecular weight is 219 g/mol. The van der Waals surface area contributed by atoms with Crippen LogP contribution in [-0.2, 0) is 4.79 Å². The number of nitrogens with two attached hydrogens (primary N) is 1. The molecule has 0 rings (SSSR count). The van der Waals surface area contributed by atoms with Gasteiger partial charge in [-0.2, -0.15) is 22.0 Å². The largest absolute Gasteiger partial charge is 0.461 e. The molecule has 2 nitrogen and oxygen atoms in total. The lowest BCUT2D eigenvalue weighted by atomic mass is 9.97. The van der Waals surface area contributed by atoms with Crippen LogP contribution in [0.1, 0.15) is 13.8 Å². The van der Waals surface area contributed by atoms with E-state index >= 15 is 0 Å². The minimum absolute atomic E-state index is 0.768. The summed E-state index contributed by atoms with van der Waals surface area (Å²) in [5.74, 6) is -8.42. The molecule has 0 saturated heterocycles. The molecule has 0 saturated carbocycles. The monoisotopic (exact) mass is 219 g/mol. The maximum absolute atomic E-state index is 12.4. The third-order valence-electron chi connectivity index (χ3n) is 1.69. The Balaban J connectivity index is 4.86. The van der Waals surface area contributed by atoms with Gasteiger partial charge >= 0.3 is 12.1 Å². The summed E-state index contributed by atoms with van der Waals surface area (Å²) < 4.78 is 59.8. The first-order chi connectivity index (χ1) is 6.01. The lowest BCUT2D eigenvalue weighted by Gasteiger charge is -2.23. The van der Waals surface area contributed by atoms with E-state index in [1.54, 1.807) is 0 Å². The van der Waals surface area contributed by atoms with Crippen molar-refractivity contribution in [2.75, 3.05) is 0 Å². The zero-order valence-electron chi connectivity index (χ0n) is 7.53. The van der Waals surface area contributed by atoms with Crippen molar-refractivity contribution in [3.8, 4) is 0 Å². The molecular weight excluding hydrogens is 209 g/mol. The van der Waals surface area contributed by atoms with Crippen LogP contribution in [-0.4, -0.2) is 23.9 Å². The van der Waals surface area contributed by atoms with E-state index in [0.717, 1.165) is 0 Å². The predicted molar refractivity (Wildman–Crippen MR) is 38.8 cm³/mol. The van der Waals surface area contributed by atoms with Crippen LogP contribution < -0.4 is 5.73 Å². The molecule has 0 aromatic heterocycles. The molecule has 84 valence electrons. The van der Waals surface area contributed by atoms with Crippen molar-refractivity contribution in [2.24, 2.45) is 11.7 Å². The van der Waals surface area contributed by atoms with Crippen molar-refractivity contribution in [3.05, 3.63) is 0 Å². The average Bonchev–Trinajstić information content (AvgIpc) is 1.99. The third kappa shape index (κ3) is 2.40. The highest BCUT2D eigenvalue weighted by Gasteiger charge is 2.64. The van der Waals surface area contributed by atoms with E-state index < -0.39 is 29.8 Å². The number of Topliss-reactive ketones (excluding diaryl/α,β-unsaturated/α-hetero) is 1. The Morgan fingerprint density at radius 2 is 1.50 bits per heavy atom.